The predicted octanol–water partition coefficient (Wildman–Crippen LogP) is 2.90. The van der Waals surface area contributed by atoms with Crippen LogP contribution in [0.2, 0.25) is 5.15 Å². The number of carbonyl (C=O) groups is 1. The second kappa shape index (κ2) is 7.69. The molecule has 0 radical (unpaired) electrons. The van der Waals surface area contributed by atoms with E-state index in [-0.39, 0.29) is 11.0 Å². The number of H-pyrrole nitrogens is 1. The van der Waals surface area contributed by atoms with Crippen LogP contribution in [0.3, 0.4) is 0 Å². The number of methoxy groups -OCH3 is 1. The zero-order chi connectivity index (χ0) is 20.4. The number of benzene rings is 2. The lowest BCUT2D eigenvalue weighted by Crippen LogP contribution is -2.24. The number of aromatic amines is 1. The van der Waals surface area contributed by atoms with Gasteiger partial charge in [0.05, 0.1) is 24.2 Å². The molecule has 0 unspecified atom stereocenters. The zero-order valence-corrected chi connectivity index (χ0v) is 15.9. The fourth-order valence-corrected chi connectivity index (χ4v) is 3.02. The molecular weight excluding hydrogens is 394 g/mol. The summed E-state index contributed by atoms with van der Waals surface area (Å²) in [6, 6.07) is 14.0. The smallest absolute Gasteiger partial charge is 0.307 e. The third-order valence-corrected chi connectivity index (χ3v) is 4.51. The van der Waals surface area contributed by atoms with Crippen LogP contribution in [-0.2, 0) is 0 Å². The van der Waals surface area contributed by atoms with E-state index in [0.717, 1.165) is 5.39 Å². The molecule has 4 aromatic rings. The number of halogens is 1. The molecule has 0 fully saturated rings. The molecule has 0 aliphatic carbocycles. The lowest BCUT2D eigenvalue weighted by molar-refractivity contribution is 0.0945. The summed E-state index contributed by atoms with van der Waals surface area (Å²) in [5, 5.41) is 5.31. The third-order valence-electron chi connectivity index (χ3n) is 4.21. The van der Waals surface area contributed by atoms with E-state index in [1.54, 1.807) is 43.5 Å². The number of rotatable bonds is 4. The van der Waals surface area contributed by atoms with Gasteiger partial charge in [-0.1, -0.05) is 35.9 Å². The summed E-state index contributed by atoms with van der Waals surface area (Å²) in [7, 11) is 1.56. The largest absolute Gasteiger partial charge is 0.494 e. The highest BCUT2D eigenvalue weighted by atomic mass is 35.5. The van der Waals surface area contributed by atoms with Gasteiger partial charge in [0.15, 0.2) is 0 Å². The molecule has 144 valence electrons. The molecule has 0 atom stereocenters. The van der Waals surface area contributed by atoms with Crippen molar-refractivity contribution in [2.24, 2.45) is 5.10 Å². The van der Waals surface area contributed by atoms with Gasteiger partial charge in [-0.15, -0.1) is 0 Å². The van der Waals surface area contributed by atoms with Gasteiger partial charge in [-0.05, 0) is 24.3 Å². The number of pyridine rings is 1. The quantitative estimate of drug-likeness (QED) is 0.307. The maximum Gasteiger partial charge on any atom is 0.307 e. The minimum Gasteiger partial charge on any atom is -0.494 e. The second-order valence-electron chi connectivity index (χ2n) is 6.03. The molecule has 0 saturated carbocycles. The number of carbonyl (C=O) groups excluding carboxylic acids is 1. The van der Waals surface area contributed by atoms with Crippen molar-refractivity contribution < 1.29 is 9.53 Å². The van der Waals surface area contributed by atoms with Crippen LogP contribution in [0, 0.1) is 0 Å². The lowest BCUT2D eigenvalue weighted by Gasteiger charge is -2.06. The molecule has 0 aliphatic heterocycles. The van der Waals surface area contributed by atoms with E-state index in [4.69, 9.17) is 16.3 Å². The van der Waals surface area contributed by atoms with Gasteiger partial charge in [-0.25, -0.2) is 15.4 Å². The minimum absolute atomic E-state index is 0.140. The van der Waals surface area contributed by atoms with Crippen molar-refractivity contribution in [3.63, 3.8) is 0 Å². The average Bonchev–Trinajstić information content (AvgIpc) is 2.73. The van der Waals surface area contributed by atoms with Gasteiger partial charge >= 0.3 is 5.91 Å². The summed E-state index contributed by atoms with van der Waals surface area (Å²) in [6.07, 6.45) is 1.37. The predicted molar refractivity (Wildman–Crippen MR) is 111 cm³/mol. The van der Waals surface area contributed by atoms with Crippen LogP contribution >= 0.6 is 11.6 Å². The SMILES string of the molecule is COc1cccc2cc(/C=N/NC(=O)c3nc4ccccc4c(=O)[nH]3)c(Cl)nc12. The van der Waals surface area contributed by atoms with E-state index >= 15 is 0 Å². The molecule has 4 rings (SSSR count). The van der Waals surface area contributed by atoms with Crippen LogP contribution in [0.25, 0.3) is 21.8 Å². The van der Waals surface area contributed by atoms with Crippen LogP contribution in [0.4, 0.5) is 0 Å². The highest BCUT2D eigenvalue weighted by Crippen LogP contribution is 2.26. The third kappa shape index (κ3) is 3.65. The molecule has 0 aliphatic rings. The molecular formula is C20H14ClN5O3. The second-order valence-corrected chi connectivity index (χ2v) is 6.39. The molecule has 1 amide bonds. The first-order valence-corrected chi connectivity index (χ1v) is 8.90. The number of hydrazone groups is 1. The fraction of sp³-hybridized carbons (Fsp3) is 0.0500. The molecule has 0 bridgehead atoms. The Bertz CT molecular complexity index is 1330. The fourth-order valence-electron chi connectivity index (χ4n) is 2.83. The number of nitrogens with zero attached hydrogens (tertiary/aromatic N) is 3. The van der Waals surface area contributed by atoms with Gasteiger partial charge < -0.3 is 9.72 Å². The summed E-state index contributed by atoms with van der Waals surface area (Å²) in [6.45, 7) is 0. The number of fused-ring (bicyclic) bond motifs is 2. The van der Waals surface area contributed by atoms with E-state index in [1.165, 1.54) is 6.21 Å². The number of aromatic nitrogens is 3. The van der Waals surface area contributed by atoms with E-state index < -0.39 is 11.5 Å². The molecule has 2 aromatic carbocycles. The monoisotopic (exact) mass is 407 g/mol. The Hall–Kier alpha value is -3.78. The van der Waals surface area contributed by atoms with E-state index in [2.05, 4.69) is 25.5 Å². The number of hydrogen-bond donors (Lipinski definition) is 2. The van der Waals surface area contributed by atoms with Gasteiger partial charge in [0, 0.05) is 10.9 Å². The Morgan fingerprint density at radius 3 is 2.86 bits per heavy atom. The van der Waals surface area contributed by atoms with Gasteiger partial charge in [-0.3, -0.25) is 9.59 Å². The number of amides is 1. The summed E-state index contributed by atoms with van der Waals surface area (Å²) in [4.78, 5) is 35.3. The molecule has 2 N–H and O–H groups in total. The lowest BCUT2D eigenvalue weighted by atomic mass is 10.1. The van der Waals surface area contributed by atoms with Crippen molar-refractivity contribution in [2.45, 2.75) is 0 Å². The number of nitrogens with one attached hydrogen (secondary N) is 2. The summed E-state index contributed by atoms with van der Waals surface area (Å²) in [5.41, 5.74) is 3.47. The number of hydrogen-bond acceptors (Lipinski definition) is 6. The number of para-hydroxylation sites is 2. The number of ether oxygens (including phenoxy) is 1. The zero-order valence-electron chi connectivity index (χ0n) is 15.1. The maximum absolute atomic E-state index is 12.3. The molecule has 8 nitrogen and oxygen atoms in total. The van der Waals surface area contributed by atoms with Gasteiger partial charge in [0.25, 0.3) is 5.56 Å². The van der Waals surface area contributed by atoms with E-state index in [0.29, 0.717) is 27.7 Å². The van der Waals surface area contributed by atoms with Crippen LogP contribution in [0.15, 0.2) is 58.4 Å². The molecule has 0 spiro atoms. The minimum atomic E-state index is -0.657. The topological polar surface area (TPSA) is 109 Å². The highest BCUT2D eigenvalue weighted by Gasteiger charge is 2.11. The molecule has 2 aromatic heterocycles. The summed E-state index contributed by atoms with van der Waals surface area (Å²) >= 11 is 6.22. The van der Waals surface area contributed by atoms with Gasteiger partial charge in [0.2, 0.25) is 5.82 Å². The van der Waals surface area contributed by atoms with Crippen molar-refractivity contribution in [1.29, 1.82) is 0 Å². The van der Waals surface area contributed by atoms with Crippen LogP contribution in [0.1, 0.15) is 16.2 Å². The average molecular weight is 408 g/mol. The van der Waals surface area contributed by atoms with Crippen LogP contribution in [0.5, 0.6) is 5.75 Å². The summed E-state index contributed by atoms with van der Waals surface area (Å²) in [5.74, 6) is -0.193. The van der Waals surface area contributed by atoms with Crippen molar-refractivity contribution in [2.75, 3.05) is 7.11 Å². The Labute approximate surface area is 169 Å². The maximum atomic E-state index is 12.3. The van der Waals surface area contributed by atoms with Crippen molar-refractivity contribution in [1.82, 2.24) is 20.4 Å². The molecule has 29 heavy (non-hydrogen) atoms. The Morgan fingerprint density at radius 2 is 2.03 bits per heavy atom. The highest BCUT2D eigenvalue weighted by molar-refractivity contribution is 6.32. The standard InChI is InChI=1S/C20H14ClN5O3/c1-29-15-8-4-5-11-9-12(17(21)24-16(11)15)10-22-26-20(28)18-23-14-7-3-2-6-13(14)19(27)25-18/h2-10H,1H3,(H,26,28)(H,23,25,27)/b22-10+. The first-order chi connectivity index (χ1) is 14.1. The Morgan fingerprint density at radius 1 is 1.21 bits per heavy atom. The van der Waals surface area contributed by atoms with E-state index in [9.17, 15) is 9.59 Å². The van der Waals surface area contributed by atoms with Gasteiger partial charge in [-0.2, -0.15) is 5.10 Å². The van der Waals surface area contributed by atoms with Crippen molar-refractivity contribution >= 4 is 45.5 Å². The van der Waals surface area contributed by atoms with Crippen molar-refractivity contribution in [3.8, 4) is 5.75 Å². The van der Waals surface area contributed by atoms with Crippen molar-refractivity contribution in [3.05, 3.63) is 75.4 Å². The Kier molecular flexibility index (Phi) is 4.92. The molecule has 9 heteroatoms. The molecule has 2 heterocycles. The van der Waals surface area contributed by atoms with E-state index in [1.807, 2.05) is 12.1 Å². The first-order valence-electron chi connectivity index (χ1n) is 8.52. The Balaban J connectivity index is 1.58. The van der Waals surface area contributed by atoms with Crippen LogP contribution < -0.4 is 15.7 Å². The normalized spacial score (nSPS) is 11.2. The molecule has 0 saturated heterocycles. The van der Waals surface area contributed by atoms with Gasteiger partial charge in [0.1, 0.15) is 16.4 Å². The summed E-state index contributed by atoms with van der Waals surface area (Å²) < 4.78 is 5.28. The first kappa shape index (κ1) is 18.6. The van der Waals surface area contributed by atoms with Crippen LogP contribution in [-0.4, -0.2) is 34.2 Å².